The smallest absolute Gasteiger partial charge is 0.291 e. The molecular weight excluding hydrogens is 246 g/mol. The highest BCUT2D eigenvalue weighted by atomic mass is 16.4. The first-order chi connectivity index (χ1) is 9.08. The topological polar surface area (TPSA) is 79.5 Å². The van der Waals surface area contributed by atoms with Crippen molar-refractivity contribution in [3.05, 3.63) is 63.7 Å². The SMILES string of the molecule is Cc1cc(=O)c(O)c(C(=O)NCc2ccccc2)o1. The summed E-state index contributed by atoms with van der Waals surface area (Å²) in [5, 5.41) is 12.1. The van der Waals surface area contributed by atoms with Crippen LogP contribution in [0, 0.1) is 6.92 Å². The highest BCUT2D eigenvalue weighted by Gasteiger charge is 2.17. The average molecular weight is 259 g/mol. The predicted octanol–water partition coefficient (Wildman–Crippen LogP) is 1.58. The van der Waals surface area contributed by atoms with Gasteiger partial charge in [0.1, 0.15) is 5.76 Å². The van der Waals surface area contributed by atoms with E-state index in [4.69, 9.17) is 4.42 Å². The molecule has 0 saturated heterocycles. The molecule has 0 radical (unpaired) electrons. The van der Waals surface area contributed by atoms with Crippen LogP contribution in [0.3, 0.4) is 0 Å². The van der Waals surface area contributed by atoms with Gasteiger partial charge in [-0.15, -0.1) is 0 Å². The molecule has 1 amide bonds. The third-order valence-electron chi connectivity index (χ3n) is 2.55. The lowest BCUT2D eigenvalue weighted by Crippen LogP contribution is -2.24. The minimum atomic E-state index is -0.670. The van der Waals surface area contributed by atoms with E-state index in [1.54, 1.807) is 0 Å². The molecule has 98 valence electrons. The van der Waals surface area contributed by atoms with Crippen LogP contribution in [0.5, 0.6) is 5.75 Å². The quantitative estimate of drug-likeness (QED) is 0.877. The van der Waals surface area contributed by atoms with Crippen LogP contribution in [0.4, 0.5) is 0 Å². The van der Waals surface area contributed by atoms with Gasteiger partial charge < -0.3 is 14.8 Å². The van der Waals surface area contributed by atoms with Gasteiger partial charge in [0.2, 0.25) is 16.9 Å². The van der Waals surface area contributed by atoms with E-state index in [9.17, 15) is 14.7 Å². The third-order valence-corrected chi connectivity index (χ3v) is 2.55. The van der Waals surface area contributed by atoms with Gasteiger partial charge in [-0.3, -0.25) is 9.59 Å². The van der Waals surface area contributed by atoms with Gasteiger partial charge in [0.15, 0.2) is 0 Å². The number of hydrogen-bond acceptors (Lipinski definition) is 4. The lowest BCUT2D eigenvalue weighted by Gasteiger charge is -2.06. The van der Waals surface area contributed by atoms with Crippen LogP contribution >= 0.6 is 0 Å². The van der Waals surface area contributed by atoms with Crippen molar-refractivity contribution in [2.45, 2.75) is 13.5 Å². The summed E-state index contributed by atoms with van der Waals surface area (Å²) >= 11 is 0. The Morgan fingerprint density at radius 1 is 1.32 bits per heavy atom. The summed E-state index contributed by atoms with van der Waals surface area (Å²) < 4.78 is 5.08. The van der Waals surface area contributed by atoms with Crippen molar-refractivity contribution in [2.24, 2.45) is 0 Å². The molecule has 0 unspecified atom stereocenters. The van der Waals surface area contributed by atoms with Crippen LogP contribution in [0.1, 0.15) is 21.9 Å². The number of aromatic hydroxyl groups is 1. The zero-order valence-electron chi connectivity index (χ0n) is 10.3. The molecule has 1 aromatic carbocycles. The zero-order valence-corrected chi connectivity index (χ0v) is 10.3. The molecule has 1 heterocycles. The number of hydrogen-bond donors (Lipinski definition) is 2. The Balaban J connectivity index is 2.15. The molecule has 0 aliphatic carbocycles. The standard InChI is InChI=1S/C14H13NO4/c1-9-7-11(16)12(17)13(19-9)14(18)15-8-10-5-3-2-4-6-10/h2-7,17H,8H2,1H3,(H,15,18). The molecule has 0 aliphatic rings. The molecule has 0 spiro atoms. The maximum atomic E-state index is 11.8. The van der Waals surface area contributed by atoms with E-state index in [-0.39, 0.29) is 18.1 Å². The molecule has 19 heavy (non-hydrogen) atoms. The highest BCUT2D eigenvalue weighted by Crippen LogP contribution is 2.13. The monoisotopic (exact) mass is 259 g/mol. The second kappa shape index (κ2) is 5.39. The van der Waals surface area contributed by atoms with E-state index < -0.39 is 17.1 Å². The fourth-order valence-electron chi connectivity index (χ4n) is 1.62. The van der Waals surface area contributed by atoms with Crippen LogP contribution < -0.4 is 10.7 Å². The molecule has 0 bridgehead atoms. The molecular formula is C14H13NO4. The minimum Gasteiger partial charge on any atom is -0.501 e. The van der Waals surface area contributed by atoms with Crippen LogP contribution in [0.2, 0.25) is 0 Å². The average Bonchev–Trinajstić information content (AvgIpc) is 2.41. The van der Waals surface area contributed by atoms with Gasteiger partial charge >= 0.3 is 0 Å². The minimum absolute atomic E-state index is 0.271. The Hall–Kier alpha value is -2.56. The lowest BCUT2D eigenvalue weighted by molar-refractivity contribution is 0.0913. The number of nitrogens with one attached hydrogen (secondary N) is 1. The Bertz CT molecular complexity index is 646. The molecule has 5 nitrogen and oxygen atoms in total. The molecule has 5 heteroatoms. The Labute approximate surface area is 109 Å². The van der Waals surface area contributed by atoms with E-state index in [2.05, 4.69) is 5.32 Å². The van der Waals surface area contributed by atoms with Crippen molar-refractivity contribution in [2.75, 3.05) is 0 Å². The summed E-state index contributed by atoms with van der Waals surface area (Å²) in [5.74, 6) is -1.38. The van der Waals surface area contributed by atoms with Gasteiger partial charge in [-0.25, -0.2) is 0 Å². The van der Waals surface area contributed by atoms with Crippen molar-refractivity contribution in [1.82, 2.24) is 5.32 Å². The van der Waals surface area contributed by atoms with Gasteiger partial charge in [0.05, 0.1) is 0 Å². The maximum Gasteiger partial charge on any atom is 0.291 e. The highest BCUT2D eigenvalue weighted by molar-refractivity contribution is 5.93. The lowest BCUT2D eigenvalue weighted by atomic mass is 10.2. The van der Waals surface area contributed by atoms with Gasteiger partial charge in [-0.1, -0.05) is 30.3 Å². The van der Waals surface area contributed by atoms with E-state index in [1.165, 1.54) is 6.92 Å². The van der Waals surface area contributed by atoms with E-state index >= 15 is 0 Å². The fourth-order valence-corrected chi connectivity index (χ4v) is 1.62. The van der Waals surface area contributed by atoms with Crippen molar-refractivity contribution >= 4 is 5.91 Å². The summed E-state index contributed by atoms with van der Waals surface area (Å²) in [5.41, 5.74) is 0.277. The van der Waals surface area contributed by atoms with Gasteiger partial charge in [-0.05, 0) is 12.5 Å². The zero-order chi connectivity index (χ0) is 13.8. The van der Waals surface area contributed by atoms with Gasteiger partial charge in [0.25, 0.3) is 5.91 Å². The molecule has 2 N–H and O–H groups in total. The fraction of sp³-hybridized carbons (Fsp3) is 0.143. The van der Waals surface area contributed by atoms with Crippen molar-refractivity contribution in [1.29, 1.82) is 0 Å². The van der Waals surface area contributed by atoms with Crippen LogP contribution in [-0.4, -0.2) is 11.0 Å². The summed E-state index contributed by atoms with van der Waals surface area (Å²) in [6.07, 6.45) is 0. The van der Waals surface area contributed by atoms with Crippen LogP contribution in [0.15, 0.2) is 45.6 Å². The molecule has 0 aliphatic heterocycles. The third kappa shape index (κ3) is 3.01. The summed E-state index contributed by atoms with van der Waals surface area (Å²) in [6.45, 7) is 1.82. The maximum absolute atomic E-state index is 11.8. The van der Waals surface area contributed by atoms with Gasteiger partial charge in [0, 0.05) is 12.6 Å². The number of carbonyl (C=O) groups excluding carboxylic acids is 1. The number of aryl methyl sites for hydroxylation is 1. The largest absolute Gasteiger partial charge is 0.501 e. The molecule has 0 atom stereocenters. The van der Waals surface area contributed by atoms with E-state index in [0.717, 1.165) is 11.6 Å². The Kier molecular flexibility index (Phi) is 3.66. The number of benzene rings is 1. The normalized spacial score (nSPS) is 10.2. The first-order valence-corrected chi connectivity index (χ1v) is 5.74. The Morgan fingerprint density at radius 3 is 2.68 bits per heavy atom. The van der Waals surface area contributed by atoms with Crippen LogP contribution in [0.25, 0.3) is 0 Å². The molecule has 2 aromatic rings. The molecule has 0 fully saturated rings. The molecule has 1 aromatic heterocycles. The van der Waals surface area contributed by atoms with E-state index in [0.29, 0.717) is 0 Å². The summed E-state index contributed by atoms with van der Waals surface area (Å²) in [7, 11) is 0. The Morgan fingerprint density at radius 2 is 2.00 bits per heavy atom. The van der Waals surface area contributed by atoms with E-state index in [1.807, 2.05) is 30.3 Å². The number of rotatable bonds is 3. The van der Waals surface area contributed by atoms with Crippen molar-refractivity contribution < 1.29 is 14.3 Å². The number of amides is 1. The summed E-state index contributed by atoms with van der Waals surface area (Å²) in [4.78, 5) is 23.2. The molecule has 2 rings (SSSR count). The van der Waals surface area contributed by atoms with Crippen molar-refractivity contribution in [3.8, 4) is 5.75 Å². The van der Waals surface area contributed by atoms with Crippen molar-refractivity contribution in [3.63, 3.8) is 0 Å². The second-order valence-corrected chi connectivity index (χ2v) is 4.07. The number of carbonyl (C=O) groups is 1. The summed E-state index contributed by atoms with van der Waals surface area (Å²) in [6, 6.07) is 10.4. The molecule has 0 saturated carbocycles. The van der Waals surface area contributed by atoms with Gasteiger partial charge in [-0.2, -0.15) is 0 Å². The second-order valence-electron chi connectivity index (χ2n) is 4.07. The first-order valence-electron chi connectivity index (χ1n) is 5.74. The first kappa shape index (κ1) is 12.9. The predicted molar refractivity (Wildman–Crippen MR) is 69.0 cm³/mol. The van der Waals surface area contributed by atoms with Crippen LogP contribution in [-0.2, 0) is 6.54 Å².